The molecule has 1 amide bonds. The molecule has 0 saturated heterocycles. The van der Waals surface area contributed by atoms with Gasteiger partial charge in [0.25, 0.3) is 5.91 Å². The molecule has 1 aromatic carbocycles. The van der Waals surface area contributed by atoms with Gasteiger partial charge in [0.1, 0.15) is 5.75 Å². The minimum Gasteiger partial charge on any atom is -0.497 e. The molecule has 3 rings (SSSR count). The number of ether oxygens (including phenoxy) is 1. The van der Waals surface area contributed by atoms with Crippen molar-refractivity contribution in [3.8, 4) is 5.75 Å². The van der Waals surface area contributed by atoms with Crippen molar-refractivity contribution < 1.29 is 13.9 Å². The van der Waals surface area contributed by atoms with Gasteiger partial charge in [-0.25, -0.2) is 0 Å². The van der Waals surface area contributed by atoms with E-state index in [0.717, 1.165) is 24.3 Å². The van der Waals surface area contributed by atoms with E-state index in [9.17, 15) is 4.79 Å². The van der Waals surface area contributed by atoms with Crippen molar-refractivity contribution in [2.45, 2.75) is 12.8 Å². The van der Waals surface area contributed by atoms with E-state index in [-0.39, 0.29) is 5.91 Å². The van der Waals surface area contributed by atoms with Crippen LogP contribution in [0.1, 0.15) is 22.5 Å². The number of methoxy groups -OCH3 is 1. The van der Waals surface area contributed by atoms with E-state index in [4.69, 9.17) is 9.15 Å². The quantitative estimate of drug-likeness (QED) is 0.830. The standard InChI is InChI=1S/C15H15NO3/c1-18-12-7-6-11-4-2-8-16(13(11)10-12)15(17)14-5-3-9-19-14/h3,5-7,9-10H,2,4,8H2,1H3. The molecule has 0 atom stereocenters. The lowest BCUT2D eigenvalue weighted by Crippen LogP contribution is -2.35. The fourth-order valence-corrected chi connectivity index (χ4v) is 2.43. The number of hydrogen-bond donors (Lipinski definition) is 0. The molecule has 4 heteroatoms. The summed E-state index contributed by atoms with van der Waals surface area (Å²) in [5, 5.41) is 0. The highest BCUT2D eigenvalue weighted by molar-refractivity contribution is 6.05. The van der Waals surface area contributed by atoms with E-state index >= 15 is 0 Å². The van der Waals surface area contributed by atoms with Gasteiger partial charge in [0.2, 0.25) is 0 Å². The number of benzene rings is 1. The second kappa shape index (κ2) is 4.80. The van der Waals surface area contributed by atoms with Crippen LogP contribution >= 0.6 is 0 Å². The van der Waals surface area contributed by atoms with Crippen LogP contribution < -0.4 is 9.64 Å². The molecule has 0 fully saturated rings. The van der Waals surface area contributed by atoms with Crippen LogP contribution in [0.2, 0.25) is 0 Å². The normalized spacial score (nSPS) is 14.1. The monoisotopic (exact) mass is 257 g/mol. The fourth-order valence-electron chi connectivity index (χ4n) is 2.43. The number of furan rings is 1. The van der Waals surface area contributed by atoms with E-state index in [1.54, 1.807) is 24.1 Å². The molecular formula is C15H15NO3. The molecule has 2 aromatic rings. The van der Waals surface area contributed by atoms with E-state index < -0.39 is 0 Å². The zero-order valence-electron chi connectivity index (χ0n) is 10.8. The first-order chi connectivity index (χ1) is 9.29. The summed E-state index contributed by atoms with van der Waals surface area (Å²) in [6, 6.07) is 9.28. The highest BCUT2D eigenvalue weighted by Gasteiger charge is 2.25. The van der Waals surface area contributed by atoms with Gasteiger partial charge in [0.05, 0.1) is 19.1 Å². The number of hydrogen-bond acceptors (Lipinski definition) is 3. The number of nitrogens with zero attached hydrogens (tertiary/aromatic N) is 1. The third-order valence-electron chi connectivity index (χ3n) is 3.39. The Kier molecular flexibility index (Phi) is 2.99. The number of rotatable bonds is 2. The van der Waals surface area contributed by atoms with Crippen LogP contribution in [0.4, 0.5) is 5.69 Å². The molecule has 0 bridgehead atoms. The van der Waals surface area contributed by atoms with Gasteiger partial charge >= 0.3 is 0 Å². The van der Waals surface area contributed by atoms with Crippen LogP contribution in [0.15, 0.2) is 41.0 Å². The highest BCUT2D eigenvalue weighted by Crippen LogP contribution is 2.31. The van der Waals surface area contributed by atoms with Crippen LogP contribution in [0, 0.1) is 0 Å². The minimum atomic E-state index is -0.0980. The van der Waals surface area contributed by atoms with Gasteiger partial charge in [-0.15, -0.1) is 0 Å². The number of anilines is 1. The molecule has 0 saturated carbocycles. The molecule has 1 aromatic heterocycles. The third-order valence-corrected chi connectivity index (χ3v) is 3.39. The lowest BCUT2D eigenvalue weighted by atomic mass is 10.0. The first-order valence-electron chi connectivity index (χ1n) is 6.32. The Balaban J connectivity index is 1.99. The van der Waals surface area contributed by atoms with E-state index in [0.29, 0.717) is 12.3 Å². The van der Waals surface area contributed by atoms with Crippen molar-refractivity contribution in [1.29, 1.82) is 0 Å². The molecule has 0 spiro atoms. The Bertz CT molecular complexity index is 589. The topological polar surface area (TPSA) is 42.7 Å². The first kappa shape index (κ1) is 11.8. The predicted octanol–water partition coefficient (Wildman–Crippen LogP) is 2.88. The van der Waals surface area contributed by atoms with Crippen molar-refractivity contribution in [3.63, 3.8) is 0 Å². The summed E-state index contributed by atoms with van der Waals surface area (Å²) in [5.74, 6) is 1.03. The molecule has 1 aliphatic heterocycles. The SMILES string of the molecule is COc1ccc2c(c1)N(C(=O)c1ccco1)CCC2. The number of aryl methyl sites for hydroxylation is 1. The summed E-state index contributed by atoms with van der Waals surface area (Å²) in [6.07, 6.45) is 3.47. The average molecular weight is 257 g/mol. The van der Waals surface area contributed by atoms with Crippen molar-refractivity contribution in [1.82, 2.24) is 0 Å². The summed E-state index contributed by atoms with van der Waals surface area (Å²) >= 11 is 0. The molecule has 0 radical (unpaired) electrons. The maximum absolute atomic E-state index is 12.4. The van der Waals surface area contributed by atoms with Gasteiger partial charge in [-0.3, -0.25) is 4.79 Å². The number of fused-ring (bicyclic) bond motifs is 1. The van der Waals surface area contributed by atoms with E-state index in [2.05, 4.69) is 0 Å². The van der Waals surface area contributed by atoms with Gasteiger partial charge in [0, 0.05) is 12.6 Å². The van der Waals surface area contributed by atoms with Crippen LogP contribution in [0.5, 0.6) is 5.75 Å². The smallest absolute Gasteiger partial charge is 0.293 e. The first-order valence-corrected chi connectivity index (χ1v) is 6.32. The predicted molar refractivity (Wildman–Crippen MR) is 71.7 cm³/mol. The van der Waals surface area contributed by atoms with Crippen LogP contribution in [0.3, 0.4) is 0 Å². The molecule has 1 aliphatic rings. The summed E-state index contributed by atoms with van der Waals surface area (Å²) in [7, 11) is 1.63. The lowest BCUT2D eigenvalue weighted by molar-refractivity contribution is 0.0958. The van der Waals surface area contributed by atoms with Crippen LogP contribution in [-0.4, -0.2) is 19.6 Å². The van der Waals surface area contributed by atoms with E-state index in [1.807, 2.05) is 18.2 Å². The fraction of sp³-hybridized carbons (Fsp3) is 0.267. The Hall–Kier alpha value is -2.23. The van der Waals surface area contributed by atoms with Gasteiger partial charge in [-0.2, -0.15) is 0 Å². The molecular weight excluding hydrogens is 242 g/mol. The molecule has 0 aliphatic carbocycles. The Morgan fingerprint density at radius 2 is 2.26 bits per heavy atom. The molecule has 0 unspecified atom stereocenters. The average Bonchev–Trinajstić information content (AvgIpc) is 2.99. The third kappa shape index (κ3) is 2.10. The summed E-state index contributed by atoms with van der Waals surface area (Å²) in [5.41, 5.74) is 2.10. The van der Waals surface area contributed by atoms with Gasteiger partial charge in [0.15, 0.2) is 5.76 Å². The highest BCUT2D eigenvalue weighted by atomic mass is 16.5. The molecule has 98 valence electrons. The lowest BCUT2D eigenvalue weighted by Gasteiger charge is -2.29. The Labute approximate surface area is 111 Å². The zero-order chi connectivity index (χ0) is 13.2. The maximum atomic E-state index is 12.4. The van der Waals surface area contributed by atoms with Crippen molar-refractivity contribution in [3.05, 3.63) is 47.9 Å². The molecule has 4 nitrogen and oxygen atoms in total. The zero-order valence-corrected chi connectivity index (χ0v) is 10.8. The largest absolute Gasteiger partial charge is 0.497 e. The Morgan fingerprint density at radius 1 is 1.37 bits per heavy atom. The van der Waals surface area contributed by atoms with Gasteiger partial charge in [-0.05, 0) is 36.6 Å². The molecule has 2 heterocycles. The summed E-state index contributed by atoms with van der Waals surface area (Å²) < 4.78 is 10.4. The molecule has 19 heavy (non-hydrogen) atoms. The van der Waals surface area contributed by atoms with Gasteiger partial charge in [-0.1, -0.05) is 6.07 Å². The summed E-state index contributed by atoms with van der Waals surface area (Å²) in [4.78, 5) is 14.2. The minimum absolute atomic E-state index is 0.0980. The second-order valence-corrected chi connectivity index (χ2v) is 4.53. The van der Waals surface area contributed by atoms with Crippen molar-refractivity contribution in [2.75, 3.05) is 18.6 Å². The number of carbonyl (C=O) groups is 1. The van der Waals surface area contributed by atoms with Gasteiger partial charge < -0.3 is 14.1 Å². The maximum Gasteiger partial charge on any atom is 0.293 e. The molecule has 0 N–H and O–H groups in total. The van der Waals surface area contributed by atoms with Crippen molar-refractivity contribution >= 4 is 11.6 Å². The number of amides is 1. The van der Waals surface area contributed by atoms with Crippen LogP contribution in [-0.2, 0) is 6.42 Å². The summed E-state index contributed by atoms with van der Waals surface area (Å²) in [6.45, 7) is 0.708. The van der Waals surface area contributed by atoms with Crippen LogP contribution in [0.25, 0.3) is 0 Å². The van der Waals surface area contributed by atoms with Crippen molar-refractivity contribution in [2.24, 2.45) is 0 Å². The van der Waals surface area contributed by atoms with E-state index in [1.165, 1.54) is 11.8 Å². The second-order valence-electron chi connectivity index (χ2n) is 4.53. The number of carbonyl (C=O) groups excluding carboxylic acids is 1. The Morgan fingerprint density at radius 3 is 3.00 bits per heavy atom.